The van der Waals surface area contributed by atoms with Crippen molar-refractivity contribution in [1.82, 2.24) is 4.83 Å². The molecule has 9 heteroatoms. The Hall–Kier alpha value is -2.68. The number of amides is 1. The van der Waals surface area contributed by atoms with Crippen LogP contribution in [-0.2, 0) is 16.4 Å². The third kappa shape index (κ3) is 3.27. The number of primary amides is 1. The van der Waals surface area contributed by atoms with Gasteiger partial charge >= 0.3 is 0 Å². The molecule has 0 radical (unpaired) electrons. The number of rotatable bonds is 4. The minimum Gasteiger partial charge on any atom is -0.455 e. The van der Waals surface area contributed by atoms with Crippen LogP contribution >= 0.6 is 0 Å². The molecule has 0 bridgehead atoms. The highest BCUT2D eigenvalue weighted by atomic mass is 32.2. The molecule has 3 N–H and O–H groups in total. The topological polar surface area (TPSA) is 115 Å². The highest BCUT2D eigenvalue weighted by Crippen LogP contribution is 2.29. The van der Waals surface area contributed by atoms with Gasteiger partial charge in [-0.3, -0.25) is 4.79 Å². The van der Waals surface area contributed by atoms with Crippen LogP contribution in [0, 0.1) is 12.7 Å². The Labute approximate surface area is 143 Å². The van der Waals surface area contributed by atoms with Crippen molar-refractivity contribution in [1.29, 1.82) is 0 Å². The van der Waals surface area contributed by atoms with E-state index in [0.717, 1.165) is 24.3 Å². The number of hydrazone groups is 1. The van der Waals surface area contributed by atoms with Crippen molar-refractivity contribution in [2.45, 2.75) is 31.1 Å². The molecule has 2 aromatic rings. The molecule has 0 saturated carbocycles. The Morgan fingerprint density at radius 2 is 1.96 bits per heavy atom. The number of furan rings is 1. The van der Waals surface area contributed by atoms with Crippen LogP contribution in [0.2, 0.25) is 0 Å². The Kier molecular flexibility index (Phi) is 4.34. The molecule has 1 heterocycles. The molecule has 0 fully saturated rings. The van der Waals surface area contributed by atoms with Crippen molar-refractivity contribution in [2.75, 3.05) is 0 Å². The third-order valence-electron chi connectivity index (χ3n) is 3.97. The predicted octanol–water partition coefficient (Wildman–Crippen LogP) is 1.84. The summed E-state index contributed by atoms with van der Waals surface area (Å²) in [5.74, 6) is -0.591. The van der Waals surface area contributed by atoms with Crippen molar-refractivity contribution in [3.63, 3.8) is 0 Å². The Bertz CT molecular complexity index is 962. The van der Waals surface area contributed by atoms with Crippen molar-refractivity contribution >= 4 is 21.6 Å². The molecule has 0 saturated heterocycles. The van der Waals surface area contributed by atoms with Gasteiger partial charge in [-0.25, -0.2) is 4.39 Å². The van der Waals surface area contributed by atoms with Gasteiger partial charge in [-0.2, -0.15) is 18.4 Å². The van der Waals surface area contributed by atoms with Gasteiger partial charge in [0, 0.05) is 17.5 Å². The quantitative estimate of drug-likeness (QED) is 0.805. The second-order valence-electron chi connectivity index (χ2n) is 5.68. The molecule has 0 atom stereocenters. The molecular formula is C16H16FN3O4S. The van der Waals surface area contributed by atoms with E-state index in [1.165, 1.54) is 0 Å². The number of fused-ring (bicyclic) bond motifs is 1. The van der Waals surface area contributed by atoms with E-state index in [2.05, 4.69) is 9.93 Å². The number of nitrogens with zero attached hydrogens (tertiary/aromatic N) is 1. The van der Waals surface area contributed by atoms with Crippen LogP contribution in [0.25, 0.3) is 0 Å². The summed E-state index contributed by atoms with van der Waals surface area (Å²) in [5.41, 5.74) is 6.92. The molecule has 1 aliphatic rings. The van der Waals surface area contributed by atoms with Gasteiger partial charge in [-0.1, -0.05) is 0 Å². The summed E-state index contributed by atoms with van der Waals surface area (Å²) in [7, 11) is -3.93. The summed E-state index contributed by atoms with van der Waals surface area (Å²) in [6.07, 6.45) is 1.85. The van der Waals surface area contributed by atoms with E-state index in [0.29, 0.717) is 41.9 Å². The standard InChI is InChI=1S/C16H16FN3O4S/c1-9-14-12(3-2-4-13(14)24-15(9)16(18)21)19-20-25(22,23)11-7-5-10(17)6-8-11/h5-8,20H,2-4H2,1H3,(H2,18,21)/b19-12+. The van der Waals surface area contributed by atoms with E-state index in [1.54, 1.807) is 6.92 Å². The maximum absolute atomic E-state index is 12.9. The zero-order valence-corrected chi connectivity index (χ0v) is 14.2. The van der Waals surface area contributed by atoms with E-state index in [4.69, 9.17) is 10.2 Å². The zero-order chi connectivity index (χ0) is 18.2. The number of halogens is 1. The summed E-state index contributed by atoms with van der Waals surface area (Å²) in [6, 6.07) is 4.41. The monoisotopic (exact) mass is 365 g/mol. The van der Waals surface area contributed by atoms with E-state index in [-0.39, 0.29) is 10.7 Å². The Morgan fingerprint density at radius 1 is 1.28 bits per heavy atom. The first-order valence-electron chi connectivity index (χ1n) is 7.56. The first kappa shape index (κ1) is 17.2. The maximum atomic E-state index is 12.9. The molecule has 3 rings (SSSR count). The van der Waals surface area contributed by atoms with Gasteiger partial charge in [-0.15, -0.1) is 0 Å². The molecule has 0 aliphatic heterocycles. The smallest absolute Gasteiger partial charge is 0.284 e. The Balaban J connectivity index is 1.94. The average molecular weight is 365 g/mol. The SMILES string of the molecule is Cc1c(C(N)=O)oc2c1/C(=N/NS(=O)(=O)c1ccc(F)cc1)CCC2. The van der Waals surface area contributed by atoms with Gasteiger partial charge in [-0.05, 0) is 44.0 Å². The molecule has 25 heavy (non-hydrogen) atoms. The van der Waals surface area contributed by atoms with Crippen molar-refractivity contribution in [3.05, 3.63) is 52.7 Å². The number of carbonyl (C=O) groups is 1. The Morgan fingerprint density at radius 3 is 2.60 bits per heavy atom. The number of sulfonamides is 1. The molecule has 132 valence electrons. The second-order valence-corrected chi connectivity index (χ2v) is 7.34. The molecule has 0 spiro atoms. The average Bonchev–Trinajstić information content (AvgIpc) is 2.91. The minimum atomic E-state index is -3.93. The minimum absolute atomic E-state index is 0.0565. The van der Waals surface area contributed by atoms with Crippen molar-refractivity contribution in [3.8, 4) is 0 Å². The lowest BCUT2D eigenvalue weighted by Crippen LogP contribution is -2.22. The molecule has 0 unspecified atom stereocenters. The van der Waals surface area contributed by atoms with Gasteiger partial charge in [0.15, 0.2) is 5.76 Å². The number of hydrogen-bond acceptors (Lipinski definition) is 5. The number of nitrogens with one attached hydrogen (secondary N) is 1. The van der Waals surface area contributed by atoms with Crippen molar-refractivity contribution in [2.24, 2.45) is 10.8 Å². The van der Waals surface area contributed by atoms with E-state index < -0.39 is 21.7 Å². The summed E-state index contributed by atoms with van der Waals surface area (Å²) in [5, 5.41) is 4.00. The van der Waals surface area contributed by atoms with Crippen LogP contribution in [0.4, 0.5) is 4.39 Å². The van der Waals surface area contributed by atoms with E-state index in [9.17, 15) is 17.6 Å². The molecule has 1 amide bonds. The largest absolute Gasteiger partial charge is 0.455 e. The predicted molar refractivity (Wildman–Crippen MR) is 88.2 cm³/mol. The maximum Gasteiger partial charge on any atom is 0.284 e. The molecule has 7 nitrogen and oxygen atoms in total. The second kappa shape index (κ2) is 6.32. The molecule has 1 aliphatic carbocycles. The number of carbonyl (C=O) groups excluding carboxylic acids is 1. The summed E-state index contributed by atoms with van der Waals surface area (Å²) in [6.45, 7) is 1.68. The zero-order valence-electron chi connectivity index (χ0n) is 13.4. The lowest BCUT2D eigenvalue weighted by Gasteiger charge is -2.14. The third-order valence-corrected chi connectivity index (χ3v) is 5.20. The lowest BCUT2D eigenvalue weighted by molar-refractivity contribution is 0.0971. The van der Waals surface area contributed by atoms with E-state index >= 15 is 0 Å². The number of aryl methyl sites for hydroxylation is 1. The molecular weight excluding hydrogens is 349 g/mol. The fourth-order valence-corrected chi connectivity index (χ4v) is 3.63. The summed E-state index contributed by atoms with van der Waals surface area (Å²) >= 11 is 0. The fourth-order valence-electron chi connectivity index (χ4n) is 2.80. The highest BCUT2D eigenvalue weighted by molar-refractivity contribution is 7.89. The fraction of sp³-hybridized carbons (Fsp3) is 0.250. The van der Waals surface area contributed by atoms with Gasteiger partial charge in [0.2, 0.25) is 0 Å². The summed E-state index contributed by atoms with van der Waals surface area (Å²) < 4.78 is 42.9. The number of benzene rings is 1. The first-order valence-corrected chi connectivity index (χ1v) is 9.04. The van der Waals surface area contributed by atoms with Crippen LogP contribution in [0.15, 0.2) is 38.7 Å². The van der Waals surface area contributed by atoms with Gasteiger partial charge in [0.05, 0.1) is 10.6 Å². The van der Waals surface area contributed by atoms with Crippen LogP contribution in [-0.4, -0.2) is 20.0 Å². The van der Waals surface area contributed by atoms with E-state index in [1.807, 2.05) is 0 Å². The first-order chi connectivity index (χ1) is 11.8. The molecule has 1 aromatic carbocycles. The lowest BCUT2D eigenvalue weighted by atomic mass is 9.93. The van der Waals surface area contributed by atoms with Crippen LogP contribution in [0.5, 0.6) is 0 Å². The van der Waals surface area contributed by atoms with Gasteiger partial charge < -0.3 is 10.2 Å². The van der Waals surface area contributed by atoms with Crippen molar-refractivity contribution < 1.29 is 22.0 Å². The number of hydrogen-bond donors (Lipinski definition) is 2. The summed E-state index contributed by atoms with van der Waals surface area (Å²) in [4.78, 5) is 13.5. The van der Waals surface area contributed by atoms with Crippen LogP contribution < -0.4 is 10.6 Å². The van der Waals surface area contributed by atoms with Crippen LogP contribution in [0.1, 0.15) is 40.3 Å². The normalized spacial score (nSPS) is 15.8. The highest BCUT2D eigenvalue weighted by Gasteiger charge is 2.27. The number of nitrogens with two attached hydrogens (primary N) is 1. The van der Waals surface area contributed by atoms with Gasteiger partial charge in [0.1, 0.15) is 11.6 Å². The molecule has 1 aromatic heterocycles. The van der Waals surface area contributed by atoms with Gasteiger partial charge in [0.25, 0.3) is 15.9 Å². The van der Waals surface area contributed by atoms with Crippen LogP contribution in [0.3, 0.4) is 0 Å².